The first-order valence-corrected chi connectivity index (χ1v) is 10.1. The predicted molar refractivity (Wildman–Crippen MR) is 97.9 cm³/mol. The largest absolute Gasteiger partial charge is 0.598 e. The summed E-state index contributed by atoms with van der Waals surface area (Å²) < 4.78 is 41.8. The van der Waals surface area contributed by atoms with Gasteiger partial charge in [-0.25, -0.2) is 13.6 Å². The molecule has 27 heavy (non-hydrogen) atoms. The lowest BCUT2D eigenvalue weighted by molar-refractivity contribution is 0.0761. The van der Waals surface area contributed by atoms with Crippen LogP contribution in [-0.4, -0.2) is 43.5 Å². The molecule has 1 spiro atoms. The first-order chi connectivity index (χ1) is 12.5. The topological polar surface area (TPSA) is 88.5 Å². The maximum Gasteiger partial charge on any atom is 0.407 e. The molecule has 0 radical (unpaired) electrons. The van der Waals surface area contributed by atoms with Crippen molar-refractivity contribution in [2.75, 3.05) is 13.1 Å². The van der Waals surface area contributed by atoms with Crippen LogP contribution in [0.4, 0.5) is 13.6 Å². The number of halogens is 2. The number of likely N-dealkylation sites (tertiary alicyclic amines) is 1. The molecule has 0 bridgehead atoms. The molecule has 1 amide bonds. The Hall–Kier alpha value is -1.45. The molecule has 1 saturated heterocycles. The van der Waals surface area contributed by atoms with Gasteiger partial charge in [-0.2, -0.15) is 0 Å². The van der Waals surface area contributed by atoms with E-state index in [1.807, 2.05) is 20.8 Å². The number of amides is 1. The van der Waals surface area contributed by atoms with E-state index in [-0.39, 0.29) is 11.0 Å². The van der Waals surface area contributed by atoms with E-state index in [9.17, 15) is 23.2 Å². The van der Waals surface area contributed by atoms with Gasteiger partial charge in [0, 0.05) is 47.3 Å². The van der Waals surface area contributed by atoms with Gasteiger partial charge in [0.1, 0.15) is 4.75 Å². The van der Waals surface area contributed by atoms with Crippen molar-refractivity contribution in [3.8, 4) is 0 Å². The third-order valence-corrected chi connectivity index (χ3v) is 7.09. The molecule has 1 aliphatic heterocycles. The average Bonchev–Trinajstić information content (AvgIpc) is 2.87. The molecule has 150 valence electrons. The Labute approximate surface area is 160 Å². The minimum atomic E-state index is -2.62. The molecule has 1 aromatic rings. The zero-order valence-electron chi connectivity index (χ0n) is 15.7. The number of hydrogen-bond donors (Lipinski definition) is 2. The number of pyridine rings is 1. The highest BCUT2D eigenvalue weighted by atomic mass is 32.2. The molecule has 6 nitrogen and oxygen atoms in total. The quantitative estimate of drug-likeness (QED) is 0.758. The van der Waals surface area contributed by atoms with Crippen molar-refractivity contribution >= 4 is 17.5 Å². The number of rotatable bonds is 3. The van der Waals surface area contributed by atoms with Crippen LogP contribution in [0.2, 0.25) is 0 Å². The Morgan fingerprint density at radius 2 is 2.07 bits per heavy atom. The van der Waals surface area contributed by atoms with Crippen LogP contribution in [0.3, 0.4) is 0 Å². The second-order valence-corrected chi connectivity index (χ2v) is 10.3. The summed E-state index contributed by atoms with van der Waals surface area (Å²) in [4.78, 5) is 16.9. The maximum atomic E-state index is 13.2. The summed E-state index contributed by atoms with van der Waals surface area (Å²) in [5, 5.41) is 9.22. The van der Waals surface area contributed by atoms with Gasteiger partial charge in [-0.1, -0.05) is 0 Å². The van der Waals surface area contributed by atoms with Gasteiger partial charge in [0.25, 0.3) is 6.43 Å². The summed E-state index contributed by atoms with van der Waals surface area (Å²) >= 11 is -1.39. The number of nitrogens with one attached hydrogen (secondary N) is 1. The molecular formula is C18H25F2N3O3S. The van der Waals surface area contributed by atoms with Crippen molar-refractivity contribution in [3.05, 3.63) is 29.1 Å². The Bertz CT molecular complexity index is 718. The number of fused-ring (bicyclic) bond motifs is 1. The molecule has 1 aliphatic carbocycles. The van der Waals surface area contributed by atoms with Crippen LogP contribution >= 0.6 is 0 Å². The summed E-state index contributed by atoms with van der Waals surface area (Å²) in [5.74, 6) is 0. The van der Waals surface area contributed by atoms with E-state index in [4.69, 9.17) is 0 Å². The van der Waals surface area contributed by atoms with Crippen LogP contribution in [0.15, 0.2) is 12.3 Å². The van der Waals surface area contributed by atoms with E-state index < -0.39 is 34.7 Å². The van der Waals surface area contributed by atoms with Crippen LogP contribution < -0.4 is 4.72 Å². The van der Waals surface area contributed by atoms with E-state index in [0.717, 1.165) is 5.69 Å². The van der Waals surface area contributed by atoms with E-state index in [1.165, 1.54) is 17.2 Å². The Kier molecular flexibility index (Phi) is 5.39. The number of nitrogens with zero attached hydrogens (tertiary/aromatic N) is 2. The van der Waals surface area contributed by atoms with Gasteiger partial charge in [-0.15, -0.1) is 4.72 Å². The van der Waals surface area contributed by atoms with E-state index in [2.05, 4.69) is 9.71 Å². The second kappa shape index (κ2) is 7.18. The van der Waals surface area contributed by atoms with Crippen molar-refractivity contribution in [2.24, 2.45) is 5.41 Å². The Balaban J connectivity index is 1.95. The lowest BCUT2D eigenvalue weighted by Crippen LogP contribution is -2.50. The van der Waals surface area contributed by atoms with Gasteiger partial charge in [0.15, 0.2) is 0 Å². The third-order valence-electron chi connectivity index (χ3n) is 5.53. The Morgan fingerprint density at radius 1 is 1.44 bits per heavy atom. The minimum absolute atomic E-state index is 0.151. The highest BCUT2D eigenvalue weighted by Gasteiger charge is 2.51. The second-order valence-electron chi connectivity index (χ2n) is 8.35. The van der Waals surface area contributed by atoms with Gasteiger partial charge < -0.3 is 14.6 Å². The molecule has 2 heterocycles. The van der Waals surface area contributed by atoms with Crippen LogP contribution in [0.1, 0.15) is 62.9 Å². The zero-order chi connectivity index (χ0) is 20.0. The molecule has 1 aromatic heterocycles. The smallest absolute Gasteiger partial charge is 0.407 e. The summed E-state index contributed by atoms with van der Waals surface area (Å²) in [6.07, 6.45) is -0.675. The fourth-order valence-corrected chi connectivity index (χ4v) is 4.84. The molecule has 0 unspecified atom stereocenters. The number of hydrogen-bond acceptors (Lipinski definition) is 4. The highest BCUT2D eigenvalue weighted by Crippen LogP contribution is 2.52. The molecule has 2 atom stereocenters. The van der Waals surface area contributed by atoms with Crippen molar-refractivity contribution < 1.29 is 23.2 Å². The van der Waals surface area contributed by atoms with Gasteiger partial charge in [-0.3, -0.25) is 4.98 Å². The van der Waals surface area contributed by atoms with Gasteiger partial charge >= 0.3 is 6.09 Å². The number of carboxylic acid groups (broad SMARTS) is 1. The number of alkyl halides is 2. The molecule has 9 heteroatoms. The van der Waals surface area contributed by atoms with E-state index >= 15 is 0 Å². The van der Waals surface area contributed by atoms with Crippen molar-refractivity contribution in [1.82, 2.24) is 14.6 Å². The lowest BCUT2D eigenvalue weighted by atomic mass is 9.73. The highest BCUT2D eigenvalue weighted by molar-refractivity contribution is 7.90. The van der Waals surface area contributed by atoms with Gasteiger partial charge in [0.2, 0.25) is 0 Å². The molecular weight excluding hydrogens is 376 g/mol. The van der Waals surface area contributed by atoms with Gasteiger partial charge in [-0.05, 0) is 51.7 Å². The summed E-state index contributed by atoms with van der Waals surface area (Å²) in [6, 6.07) is 1.07. The standard InChI is InChI=1S/C18H25F2N3O3S/c1-17(2,3)27(26)22-14-12-8-11(15(19)20)10-21-13(12)9-18(14)4-6-23(7-5-18)16(24)25/h8,10,14-15,22H,4-7,9H2,1-3H3,(H,24,25)/t14-,27-/m1/s1. The first-order valence-electron chi connectivity index (χ1n) is 8.96. The lowest BCUT2D eigenvalue weighted by Gasteiger charge is -2.43. The van der Waals surface area contributed by atoms with E-state index in [1.54, 1.807) is 0 Å². The van der Waals surface area contributed by atoms with Gasteiger partial charge in [0.05, 0.1) is 6.04 Å². The number of aromatic nitrogens is 1. The minimum Gasteiger partial charge on any atom is -0.598 e. The normalized spacial score (nSPS) is 22.9. The monoisotopic (exact) mass is 401 g/mol. The fraction of sp³-hybridized carbons (Fsp3) is 0.667. The molecule has 0 aromatic carbocycles. The van der Waals surface area contributed by atoms with Crippen molar-refractivity contribution in [3.63, 3.8) is 0 Å². The van der Waals surface area contributed by atoms with Crippen molar-refractivity contribution in [2.45, 2.75) is 57.2 Å². The molecule has 3 rings (SSSR count). The fourth-order valence-electron chi connectivity index (χ4n) is 3.89. The molecule has 1 fully saturated rings. The van der Waals surface area contributed by atoms with Crippen LogP contribution in [0, 0.1) is 5.41 Å². The first kappa shape index (κ1) is 20.3. The van der Waals surface area contributed by atoms with Crippen LogP contribution in [-0.2, 0) is 17.8 Å². The van der Waals surface area contributed by atoms with Crippen LogP contribution in [0.25, 0.3) is 0 Å². The molecule has 2 N–H and O–H groups in total. The maximum absolute atomic E-state index is 13.2. The predicted octanol–water partition coefficient (Wildman–Crippen LogP) is 3.43. The summed E-state index contributed by atoms with van der Waals surface area (Å²) in [6.45, 7) is 6.27. The molecule has 2 aliphatic rings. The number of carbonyl (C=O) groups is 1. The Morgan fingerprint density at radius 3 is 2.59 bits per heavy atom. The SMILES string of the molecule is CC(C)(C)[S@@+]([O-])N[C@@H]1c2cc(C(F)F)cnc2CC12CCN(C(=O)O)CC2. The summed E-state index contributed by atoms with van der Waals surface area (Å²) in [7, 11) is 0. The molecule has 0 saturated carbocycles. The summed E-state index contributed by atoms with van der Waals surface area (Å²) in [5.41, 5.74) is 0.867. The van der Waals surface area contributed by atoms with Crippen molar-refractivity contribution in [1.29, 1.82) is 0 Å². The zero-order valence-corrected chi connectivity index (χ0v) is 16.5. The van der Waals surface area contributed by atoms with E-state index in [0.29, 0.717) is 37.9 Å². The van der Waals surface area contributed by atoms with Crippen LogP contribution in [0.5, 0.6) is 0 Å². The average molecular weight is 401 g/mol. The third kappa shape index (κ3) is 3.90. The number of piperidine rings is 1.